The van der Waals surface area contributed by atoms with Crippen molar-refractivity contribution >= 4 is 21.4 Å². The molecule has 0 radical (unpaired) electrons. The second kappa shape index (κ2) is 7.22. The number of sulfonamides is 1. The summed E-state index contributed by atoms with van der Waals surface area (Å²) < 4.78 is 25.8. The third kappa shape index (κ3) is 4.52. The van der Waals surface area contributed by atoms with Gasteiger partial charge in [0.2, 0.25) is 10.0 Å². The number of nitrogens with zero attached hydrogens (tertiary/aromatic N) is 1. The van der Waals surface area contributed by atoms with Gasteiger partial charge in [-0.15, -0.1) is 11.3 Å². The second-order valence-electron chi connectivity index (χ2n) is 5.83. The maximum absolute atomic E-state index is 12.0. The molecule has 1 N–H and O–H groups in total. The van der Waals surface area contributed by atoms with E-state index in [4.69, 9.17) is 0 Å². The maximum atomic E-state index is 12.0. The number of hydrogen-bond donors (Lipinski definition) is 1. The maximum Gasteiger partial charge on any atom is 0.214 e. The summed E-state index contributed by atoms with van der Waals surface area (Å²) in [5.41, 5.74) is 0. The Hall–Kier alpha value is -0.430. The normalized spacial score (nSPS) is 19.8. The largest absolute Gasteiger partial charge is 0.307 e. The number of hydrogen-bond acceptors (Lipinski definition) is 4. The first-order valence-corrected chi connectivity index (χ1v) is 10.1. The van der Waals surface area contributed by atoms with Gasteiger partial charge in [-0.1, -0.05) is 6.92 Å². The van der Waals surface area contributed by atoms with Crippen LogP contribution in [0.3, 0.4) is 0 Å². The summed E-state index contributed by atoms with van der Waals surface area (Å²) in [5.74, 6) is 0.274. The van der Waals surface area contributed by atoms with Gasteiger partial charge in [0.25, 0.3) is 0 Å². The van der Waals surface area contributed by atoms with Crippen LogP contribution in [-0.4, -0.2) is 37.6 Å². The van der Waals surface area contributed by atoms with E-state index in [1.807, 2.05) is 18.3 Å². The molecule has 0 aliphatic carbocycles. The van der Waals surface area contributed by atoms with Crippen molar-refractivity contribution in [3.8, 4) is 0 Å². The average molecular weight is 331 g/mol. The van der Waals surface area contributed by atoms with Gasteiger partial charge >= 0.3 is 0 Å². The SMILES string of the molecule is CCCS(=O)(=O)N1CCC(NC(C)c2ccc(C)s2)CC1. The third-order valence-corrected chi connectivity index (χ3v) is 7.24. The van der Waals surface area contributed by atoms with Crippen molar-refractivity contribution < 1.29 is 8.42 Å². The third-order valence-electron chi connectivity index (χ3n) is 3.98. The predicted octanol–water partition coefficient (Wildman–Crippen LogP) is 2.91. The number of rotatable bonds is 6. The Balaban J connectivity index is 1.84. The highest BCUT2D eigenvalue weighted by atomic mass is 32.2. The lowest BCUT2D eigenvalue weighted by atomic mass is 10.1. The molecule has 1 aromatic heterocycles. The van der Waals surface area contributed by atoms with Gasteiger partial charge in [-0.25, -0.2) is 12.7 Å². The average Bonchev–Trinajstić information content (AvgIpc) is 2.86. The molecule has 2 heterocycles. The molecular weight excluding hydrogens is 304 g/mol. The second-order valence-corrected chi connectivity index (χ2v) is 9.23. The van der Waals surface area contributed by atoms with E-state index in [-0.39, 0.29) is 5.75 Å². The molecule has 2 rings (SSSR count). The topological polar surface area (TPSA) is 49.4 Å². The van der Waals surface area contributed by atoms with Crippen molar-refractivity contribution in [3.63, 3.8) is 0 Å². The van der Waals surface area contributed by atoms with Crippen molar-refractivity contribution in [1.82, 2.24) is 9.62 Å². The van der Waals surface area contributed by atoms with Crippen LogP contribution in [0.25, 0.3) is 0 Å². The van der Waals surface area contributed by atoms with Gasteiger partial charge in [0.1, 0.15) is 0 Å². The summed E-state index contributed by atoms with van der Waals surface area (Å²) >= 11 is 1.83. The van der Waals surface area contributed by atoms with Crippen LogP contribution in [0.1, 0.15) is 48.9 Å². The zero-order valence-corrected chi connectivity index (χ0v) is 14.8. The zero-order valence-electron chi connectivity index (χ0n) is 13.1. The molecule has 0 bridgehead atoms. The van der Waals surface area contributed by atoms with Crippen molar-refractivity contribution in [3.05, 3.63) is 21.9 Å². The Bertz CT molecular complexity index is 546. The highest BCUT2D eigenvalue weighted by Crippen LogP contribution is 2.24. The molecule has 4 nitrogen and oxygen atoms in total. The summed E-state index contributed by atoms with van der Waals surface area (Å²) in [6, 6.07) is 5.08. The van der Waals surface area contributed by atoms with Crippen LogP contribution < -0.4 is 5.32 Å². The van der Waals surface area contributed by atoms with Gasteiger partial charge in [-0.2, -0.15) is 0 Å². The summed E-state index contributed by atoms with van der Waals surface area (Å²) in [6.07, 6.45) is 2.49. The Morgan fingerprint density at radius 3 is 2.57 bits per heavy atom. The smallest absolute Gasteiger partial charge is 0.214 e. The molecular formula is C15H26N2O2S2. The number of aryl methyl sites for hydroxylation is 1. The van der Waals surface area contributed by atoms with Gasteiger partial charge in [0.15, 0.2) is 0 Å². The standard InChI is InChI=1S/C15H26N2O2S2/c1-4-11-21(18,19)17-9-7-14(8-10-17)16-13(3)15-6-5-12(2)20-15/h5-6,13-14,16H,4,7-11H2,1-3H3. The fraction of sp³-hybridized carbons (Fsp3) is 0.733. The van der Waals surface area contributed by atoms with E-state index < -0.39 is 10.0 Å². The van der Waals surface area contributed by atoms with Crippen LogP contribution in [0.2, 0.25) is 0 Å². The lowest BCUT2D eigenvalue weighted by molar-refractivity contribution is 0.278. The summed E-state index contributed by atoms with van der Waals surface area (Å²) in [7, 11) is -3.03. The van der Waals surface area contributed by atoms with Crippen LogP contribution in [0, 0.1) is 6.92 Å². The molecule has 6 heteroatoms. The highest BCUT2D eigenvalue weighted by molar-refractivity contribution is 7.89. The minimum absolute atomic E-state index is 0.274. The molecule has 1 atom stereocenters. The number of thiophene rings is 1. The summed E-state index contributed by atoms with van der Waals surface area (Å²) in [5, 5.41) is 3.64. The minimum atomic E-state index is -3.03. The van der Waals surface area contributed by atoms with Gasteiger partial charge in [0.05, 0.1) is 5.75 Å². The lowest BCUT2D eigenvalue weighted by Crippen LogP contribution is -2.45. The minimum Gasteiger partial charge on any atom is -0.307 e. The molecule has 1 aliphatic heterocycles. The van der Waals surface area contributed by atoms with Gasteiger partial charge in [-0.3, -0.25) is 0 Å². The Labute approximate surface area is 132 Å². The Kier molecular flexibility index (Phi) is 5.82. The molecule has 1 unspecified atom stereocenters. The molecule has 1 fully saturated rings. The summed E-state index contributed by atoms with van der Waals surface area (Å²) in [4.78, 5) is 2.69. The van der Waals surface area contributed by atoms with Crippen molar-refractivity contribution in [2.75, 3.05) is 18.8 Å². The molecule has 0 spiro atoms. The van der Waals surface area contributed by atoms with Crippen LogP contribution in [-0.2, 0) is 10.0 Å². The van der Waals surface area contributed by atoms with E-state index >= 15 is 0 Å². The molecule has 120 valence electrons. The molecule has 0 saturated carbocycles. The van der Waals surface area contributed by atoms with E-state index in [9.17, 15) is 8.42 Å². The zero-order chi connectivity index (χ0) is 15.5. The fourth-order valence-corrected chi connectivity index (χ4v) is 5.24. The van der Waals surface area contributed by atoms with Crippen LogP contribution >= 0.6 is 11.3 Å². The van der Waals surface area contributed by atoms with Gasteiger partial charge < -0.3 is 5.32 Å². The van der Waals surface area contributed by atoms with E-state index in [0.29, 0.717) is 31.6 Å². The Morgan fingerprint density at radius 1 is 1.38 bits per heavy atom. The van der Waals surface area contributed by atoms with Crippen molar-refractivity contribution in [2.45, 2.75) is 52.1 Å². The molecule has 1 aromatic rings. The van der Waals surface area contributed by atoms with Gasteiger partial charge in [0, 0.05) is 34.9 Å². The molecule has 1 saturated heterocycles. The van der Waals surface area contributed by atoms with Crippen LogP contribution in [0.15, 0.2) is 12.1 Å². The lowest BCUT2D eigenvalue weighted by Gasteiger charge is -2.33. The van der Waals surface area contributed by atoms with E-state index in [1.165, 1.54) is 9.75 Å². The predicted molar refractivity (Wildman–Crippen MR) is 89.3 cm³/mol. The highest BCUT2D eigenvalue weighted by Gasteiger charge is 2.27. The van der Waals surface area contributed by atoms with E-state index in [2.05, 4.69) is 31.3 Å². The number of nitrogens with one attached hydrogen (secondary N) is 1. The summed E-state index contributed by atoms with van der Waals surface area (Å²) in [6.45, 7) is 7.52. The molecule has 1 aliphatic rings. The Morgan fingerprint density at radius 2 is 2.05 bits per heavy atom. The first-order valence-electron chi connectivity index (χ1n) is 7.72. The van der Waals surface area contributed by atoms with E-state index in [0.717, 1.165) is 12.8 Å². The van der Waals surface area contributed by atoms with Crippen molar-refractivity contribution in [1.29, 1.82) is 0 Å². The molecule has 0 aromatic carbocycles. The monoisotopic (exact) mass is 330 g/mol. The van der Waals surface area contributed by atoms with Crippen LogP contribution in [0.5, 0.6) is 0 Å². The quantitative estimate of drug-likeness (QED) is 0.872. The molecule has 21 heavy (non-hydrogen) atoms. The van der Waals surface area contributed by atoms with Gasteiger partial charge in [-0.05, 0) is 45.2 Å². The fourth-order valence-electron chi connectivity index (χ4n) is 2.81. The first-order chi connectivity index (χ1) is 9.92. The first kappa shape index (κ1) is 16.9. The number of piperidine rings is 1. The van der Waals surface area contributed by atoms with Crippen molar-refractivity contribution in [2.24, 2.45) is 0 Å². The molecule has 0 amide bonds. The van der Waals surface area contributed by atoms with E-state index in [1.54, 1.807) is 4.31 Å². The van der Waals surface area contributed by atoms with Crippen LogP contribution in [0.4, 0.5) is 0 Å².